The van der Waals surface area contributed by atoms with E-state index in [1.165, 1.54) is 12.3 Å². The summed E-state index contributed by atoms with van der Waals surface area (Å²) < 4.78 is 5.08. The van der Waals surface area contributed by atoms with Crippen LogP contribution in [0.5, 0.6) is 0 Å². The lowest BCUT2D eigenvalue weighted by Gasteiger charge is -2.22. The summed E-state index contributed by atoms with van der Waals surface area (Å²) >= 11 is 1.76. The number of anilines is 1. The molecule has 0 fully saturated rings. The molecule has 1 atom stereocenters. The summed E-state index contributed by atoms with van der Waals surface area (Å²) in [6.07, 6.45) is 2.35. The van der Waals surface area contributed by atoms with E-state index in [1.54, 1.807) is 16.7 Å². The van der Waals surface area contributed by atoms with Gasteiger partial charge in [-0.1, -0.05) is 19.1 Å². The quantitative estimate of drug-likeness (QED) is 0.875. The third-order valence-electron chi connectivity index (χ3n) is 3.59. The molecule has 1 aliphatic rings. The number of aromatic nitrogens is 2. The van der Waals surface area contributed by atoms with E-state index < -0.39 is 5.97 Å². The minimum Gasteiger partial charge on any atom is -0.451 e. The zero-order chi connectivity index (χ0) is 16.2. The number of nitrogens with zero attached hydrogens (tertiary/aromatic N) is 2. The lowest BCUT2D eigenvalue weighted by molar-refractivity contribution is -0.121. The Morgan fingerprint density at radius 1 is 1.39 bits per heavy atom. The van der Waals surface area contributed by atoms with E-state index >= 15 is 0 Å². The molecule has 1 N–H and O–H groups in total. The molecule has 1 aromatic heterocycles. The Kier molecular flexibility index (Phi) is 4.66. The van der Waals surface area contributed by atoms with E-state index in [4.69, 9.17) is 4.74 Å². The summed E-state index contributed by atoms with van der Waals surface area (Å²) in [5, 5.41) is 6.64. The van der Waals surface area contributed by atoms with Gasteiger partial charge in [-0.15, -0.1) is 11.8 Å². The van der Waals surface area contributed by atoms with Crippen LogP contribution in [0.25, 0.3) is 0 Å². The first-order chi connectivity index (χ1) is 11.1. The molecule has 0 saturated carbocycles. The maximum atomic E-state index is 12.5. The van der Waals surface area contributed by atoms with Crippen molar-refractivity contribution < 1.29 is 14.3 Å². The molecular formula is C16H17N3O3S. The van der Waals surface area contributed by atoms with Crippen LogP contribution in [0.2, 0.25) is 0 Å². The Labute approximate surface area is 138 Å². The average Bonchev–Trinajstić information content (AvgIpc) is 3.03. The zero-order valence-corrected chi connectivity index (χ0v) is 13.5. The van der Waals surface area contributed by atoms with Crippen LogP contribution >= 0.6 is 11.8 Å². The van der Waals surface area contributed by atoms with Crippen molar-refractivity contribution in [3.63, 3.8) is 0 Å². The van der Waals surface area contributed by atoms with Gasteiger partial charge in [0.05, 0.1) is 5.69 Å². The van der Waals surface area contributed by atoms with Crippen molar-refractivity contribution in [3.05, 3.63) is 42.2 Å². The number of carbonyl (C=O) groups excluding carboxylic acids is 2. The molecular weight excluding hydrogens is 314 g/mol. The predicted molar refractivity (Wildman–Crippen MR) is 87.6 cm³/mol. The lowest BCUT2D eigenvalue weighted by atomic mass is 10.2. The Morgan fingerprint density at radius 3 is 3.00 bits per heavy atom. The number of H-pyrrole nitrogens is 1. The number of para-hydroxylation sites is 1. The number of hydrogen-bond acceptors (Lipinski definition) is 5. The Morgan fingerprint density at radius 2 is 2.22 bits per heavy atom. The van der Waals surface area contributed by atoms with Crippen molar-refractivity contribution >= 4 is 29.3 Å². The molecule has 2 heterocycles. The lowest BCUT2D eigenvalue weighted by Crippen LogP contribution is -2.35. The monoisotopic (exact) mass is 331 g/mol. The van der Waals surface area contributed by atoms with Crippen molar-refractivity contribution in [2.75, 3.05) is 18.1 Å². The van der Waals surface area contributed by atoms with Gasteiger partial charge < -0.3 is 9.64 Å². The van der Waals surface area contributed by atoms with Crippen molar-refractivity contribution in [2.45, 2.75) is 23.5 Å². The van der Waals surface area contributed by atoms with E-state index in [0.717, 1.165) is 17.0 Å². The number of rotatable bonds is 3. The number of ether oxygens (including phenoxy) is 1. The Balaban J connectivity index is 1.70. The van der Waals surface area contributed by atoms with E-state index in [9.17, 15) is 9.59 Å². The first-order valence-electron chi connectivity index (χ1n) is 7.37. The molecule has 0 bridgehead atoms. The predicted octanol–water partition coefficient (Wildman–Crippen LogP) is 2.48. The number of carbonyl (C=O) groups is 2. The molecule has 6 nitrogen and oxygen atoms in total. The first kappa shape index (κ1) is 15.6. The third-order valence-corrected chi connectivity index (χ3v) is 4.83. The van der Waals surface area contributed by atoms with Gasteiger partial charge in [0.1, 0.15) is 5.69 Å². The standard InChI is InChI=1S/C16H17N3O3S/c1-11-7-9-19(13-4-2-3-5-14(13)23-11)15(20)10-22-16(21)12-6-8-17-18-12/h2-6,8,11H,7,9-10H2,1H3,(H,17,18)/t11-/m0/s1. The largest absolute Gasteiger partial charge is 0.451 e. The van der Waals surface area contributed by atoms with Crippen LogP contribution in [0.3, 0.4) is 0 Å². The number of hydrogen-bond donors (Lipinski definition) is 1. The van der Waals surface area contributed by atoms with Gasteiger partial charge in [0.2, 0.25) is 0 Å². The highest BCUT2D eigenvalue weighted by Gasteiger charge is 2.25. The maximum Gasteiger partial charge on any atom is 0.356 e. The average molecular weight is 331 g/mol. The number of thioether (sulfide) groups is 1. The van der Waals surface area contributed by atoms with E-state index in [-0.39, 0.29) is 18.2 Å². The summed E-state index contributed by atoms with van der Waals surface area (Å²) in [6.45, 7) is 2.48. The van der Waals surface area contributed by atoms with Crippen LogP contribution < -0.4 is 4.90 Å². The van der Waals surface area contributed by atoms with E-state index in [1.807, 2.05) is 24.3 Å². The summed E-state index contributed by atoms with van der Waals surface area (Å²) in [5.41, 5.74) is 1.11. The molecule has 120 valence electrons. The fourth-order valence-electron chi connectivity index (χ4n) is 2.40. The number of benzene rings is 1. The fraction of sp³-hybridized carbons (Fsp3) is 0.312. The molecule has 1 aliphatic heterocycles. The summed E-state index contributed by atoms with van der Waals surface area (Å²) in [6, 6.07) is 9.32. The zero-order valence-electron chi connectivity index (χ0n) is 12.7. The van der Waals surface area contributed by atoms with Crippen LogP contribution in [-0.4, -0.2) is 40.5 Å². The summed E-state index contributed by atoms with van der Waals surface area (Å²) in [4.78, 5) is 27.1. The molecule has 0 unspecified atom stereocenters. The Hall–Kier alpha value is -2.28. The van der Waals surface area contributed by atoms with Gasteiger partial charge in [-0.3, -0.25) is 9.89 Å². The number of amides is 1. The van der Waals surface area contributed by atoms with Gasteiger partial charge in [0.25, 0.3) is 5.91 Å². The minimum atomic E-state index is -0.582. The van der Waals surface area contributed by atoms with Gasteiger partial charge in [-0.25, -0.2) is 4.79 Å². The smallest absolute Gasteiger partial charge is 0.356 e. The van der Waals surface area contributed by atoms with Crippen LogP contribution in [0, 0.1) is 0 Å². The van der Waals surface area contributed by atoms with E-state index in [0.29, 0.717) is 11.8 Å². The molecule has 0 spiro atoms. The SMILES string of the molecule is C[C@H]1CCN(C(=O)COC(=O)c2ccn[nH]2)c2ccccc2S1. The molecule has 7 heteroatoms. The second-order valence-electron chi connectivity index (χ2n) is 5.28. The third kappa shape index (κ3) is 3.56. The molecule has 1 amide bonds. The number of fused-ring (bicyclic) bond motifs is 1. The van der Waals surface area contributed by atoms with Crippen LogP contribution in [0.15, 0.2) is 41.4 Å². The molecule has 0 radical (unpaired) electrons. The highest BCUT2D eigenvalue weighted by molar-refractivity contribution is 8.00. The van der Waals surface area contributed by atoms with Gasteiger partial charge in [0, 0.05) is 22.9 Å². The highest BCUT2D eigenvalue weighted by atomic mass is 32.2. The van der Waals surface area contributed by atoms with Crippen molar-refractivity contribution in [2.24, 2.45) is 0 Å². The van der Waals surface area contributed by atoms with Crippen molar-refractivity contribution in [1.29, 1.82) is 0 Å². The van der Waals surface area contributed by atoms with Gasteiger partial charge in [-0.2, -0.15) is 5.10 Å². The van der Waals surface area contributed by atoms with Gasteiger partial charge >= 0.3 is 5.97 Å². The summed E-state index contributed by atoms with van der Waals surface area (Å²) in [5.74, 6) is -0.804. The second kappa shape index (κ2) is 6.87. The van der Waals surface area contributed by atoms with Crippen molar-refractivity contribution in [3.8, 4) is 0 Å². The molecule has 1 aromatic carbocycles. The number of esters is 1. The topological polar surface area (TPSA) is 75.3 Å². The molecule has 2 aromatic rings. The van der Waals surface area contributed by atoms with Gasteiger partial charge in [-0.05, 0) is 24.6 Å². The first-order valence-corrected chi connectivity index (χ1v) is 8.25. The van der Waals surface area contributed by atoms with Crippen LogP contribution in [0.1, 0.15) is 23.8 Å². The Bertz CT molecular complexity index is 702. The van der Waals surface area contributed by atoms with Crippen LogP contribution in [0.4, 0.5) is 5.69 Å². The van der Waals surface area contributed by atoms with E-state index in [2.05, 4.69) is 17.1 Å². The number of nitrogens with one attached hydrogen (secondary N) is 1. The van der Waals surface area contributed by atoms with Crippen LogP contribution in [-0.2, 0) is 9.53 Å². The normalized spacial score (nSPS) is 17.3. The molecule has 0 saturated heterocycles. The fourth-order valence-corrected chi connectivity index (χ4v) is 3.51. The molecule has 3 rings (SSSR count). The second-order valence-corrected chi connectivity index (χ2v) is 6.76. The minimum absolute atomic E-state index is 0.222. The number of aromatic amines is 1. The van der Waals surface area contributed by atoms with Gasteiger partial charge in [0.15, 0.2) is 6.61 Å². The highest BCUT2D eigenvalue weighted by Crippen LogP contribution is 2.37. The summed E-state index contributed by atoms with van der Waals surface area (Å²) in [7, 11) is 0. The maximum absolute atomic E-state index is 12.5. The molecule has 0 aliphatic carbocycles. The van der Waals surface area contributed by atoms with Crippen molar-refractivity contribution in [1.82, 2.24) is 10.2 Å². The molecule has 23 heavy (non-hydrogen) atoms.